The zero-order valence-electron chi connectivity index (χ0n) is 19.8. The molecule has 3 aromatic carbocycles. The molecule has 4 nitrogen and oxygen atoms in total. The molecule has 2 fully saturated rings. The number of hydrogen-bond acceptors (Lipinski definition) is 4. The Morgan fingerprint density at radius 1 is 0.914 bits per heavy atom. The van der Waals surface area contributed by atoms with Crippen LogP contribution in [0.5, 0.6) is 0 Å². The van der Waals surface area contributed by atoms with E-state index in [0.717, 1.165) is 11.3 Å². The highest BCUT2D eigenvalue weighted by molar-refractivity contribution is 7.97. The first-order valence-electron chi connectivity index (χ1n) is 11.6. The molecule has 2 bridgehead atoms. The van der Waals surface area contributed by atoms with Crippen molar-refractivity contribution in [3.8, 4) is 0 Å². The molecule has 3 aromatic rings. The van der Waals surface area contributed by atoms with Gasteiger partial charge in [0.1, 0.15) is 11.6 Å². The summed E-state index contributed by atoms with van der Waals surface area (Å²) < 4.78 is 46.2. The number of carbonyl (C=O) groups is 1. The maximum atomic E-state index is 13.6. The van der Waals surface area contributed by atoms with Crippen LogP contribution in [-0.2, 0) is 25.8 Å². The predicted octanol–water partition coefficient (Wildman–Crippen LogP) is 5.85. The summed E-state index contributed by atoms with van der Waals surface area (Å²) in [6.07, 6.45) is 1.88. The van der Waals surface area contributed by atoms with Gasteiger partial charge < -0.3 is 4.55 Å². The number of rotatable bonds is 5. The second-order valence-electron chi connectivity index (χ2n) is 9.76. The van der Waals surface area contributed by atoms with Crippen LogP contribution in [0.4, 0.5) is 4.39 Å². The highest BCUT2D eigenvalue weighted by Gasteiger charge is 2.64. The van der Waals surface area contributed by atoms with E-state index in [-0.39, 0.29) is 33.8 Å². The highest BCUT2D eigenvalue weighted by atomic mass is 32.2. The highest BCUT2D eigenvalue weighted by Crippen LogP contribution is 2.64. The average Bonchev–Trinajstić information content (AvgIpc) is 3.14. The van der Waals surface area contributed by atoms with Crippen LogP contribution in [0.1, 0.15) is 33.1 Å². The predicted molar refractivity (Wildman–Crippen MR) is 135 cm³/mol. The van der Waals surface area contributed by atoms with Gasteiger partial charge in [-0.3, -0.25) is 4.79 Å². The molecule has 0 amide bonds. The Labute approximate surface area is 209 Å². The Bertz CT molecular complexity index is 1250. The van der Waals surface area contributed by atoms with E-state index in [0.29, 0.717) is 12.8 Å². The fourth-order valence-electron chi connectivity index (χ4n) is 5.53. The van der Waals surface area contributed by atoms with Crippen LogP contribution in [0.25, 0.3) is 0 Å². The molecule has 2 unspecified atom stereocenters. The maximum Gasteiger partial charge on any atom is 0.169 e. The van der Waals surface area contributed by atoms with E-state index in [9.17, 15) is 22.2 Å². The molecular weight excluding hydrogens is 483 g/mol. The molecule has 0 spiro atoms. The van der Waals surface area contributed by atoms with Gasteiger partial charge in [-0.2, -0.15) is 0 Å². The van der Waals surface area contributed by atoms with Gasteiger partial charge in [0, 0.05) is 17.9 Å². The molecule has 35 heavy (non-hydrogen) atoms. The number of carbonyl (C=O) groups excluding carboxylic acids is 1. The lowest BCUT2D eigenvalue weighted by atomic mass is 9.70. The minimum Gasteiger partial charge on any atom is -0.748 e. The van der Waals surface area contributed by atoms with Gasteiger partial charge in [-0.15, -0.1) is 0 Å². The normalized spacial score (nSPS) is 22.7. The summed E-state index contributed by atoms with van der Waals surface area (Å²) in [4.78, 5) is 15.2. The third-order valence-electron chi connectivity index (χ3n) is 7.55. The van der Waals surface area contributed by atoms with E-state index in [1.807, 2.05) is 56.3 Å². The van der Waals surface area contributed by atoms with Gasteiger partial charge in [0.2, 0.25) is 0 Å². The Hall–Kier alpha value is -2.48. The Balaban J connectivity index is 0.000000172. The number of ketones is 1. The molecule has 184 valence electrons. The summed E-state index contributed by atoms with van der Waals surface area (Å²) in [7, 11) is -4.59. The van der Waals surface area contributed by atoms with Crippen LogP contribution in [0.2, 0.25) is 0 Å². The van der Waals surface area contributed by atoms with Gasteiger partial charge in [-0.05, 0) is 60.6 Å². The quantitative estimate of drug-likeness (QED) is 0.318. The van der Waals surface area contributed by atoms with Crippen molar-refractivity contribution in [1.29, 1.82) is 0 Å². The van der Waals surface area contributed by atoms with Gasteiger partial charge in [0.05, 0.1) is 26.8 Å². The van der Waals surface area contributed by atoms with Crippen LogP contribution >= 0.6 is 0 Å². The molecule has 0 aromatic heterocycles. The van der Waals surface area contributed by atoms with Crippen molar-refractivity contribution >= 4 is 26.8 Å². The lowest BCUT2D eigenvalue weighted by molar-refractivity contribution is -0.128. The van der Waals surface area contributed by atoms with Gasteiger partial charge in [-0.1, -0.05) is 56.3 Å². The van der Waals surface area contributed by atoms with Crippen molar-refractivity contribution in [3.05, 3.63) is 90.7 Å². The van der Waals surface area contributed by atoms with Gasteiger partial charge in [0.25, 0.3) is 0 Å². The van der Waals surface area contributed by atoms with Crippen LogP contribution in [0.3, 0.4) is 0 Å². The van der Waals surface area contributed by atoms with E-state index >= 15 is 0 Å². The lowest BCUT2D eigenvalue weighted by Crippen LogP contribution is -2.42. The third-order valence-corrected chi connectivity index (χ3v) is 10.6. The van der Waals surface area contributed by atoms with Crippen molar-refractivity contribution in [2.75, 3.05) is 5.75 Å². The number of benzene rings is 3. The summed E-state index contributed by atoms with van der Waals surface area (Å²) in [5.41, 5.74) is -1.22. The first-order chi connectivity index (χ1) is 16.5. The van der Waals surface area contributed by atoms with Crippen molar-refractivity contribution in [2.24, 2.45) is 16.7 Å². The van der Waals surface area contributed by atoms with Crippen molar-refractivity contribution < 1.29 is 22.2 Å². The van der Waals surface area contributed by atoms with Crippen LogP contribution in [-0.4, -0.2) is 24.5 Å². The smallest absolute Gasteiger partial charge is 0.169 e. The monoisotopic (exact) mass is 512 g/mol. The van der Waals surface area contributed by atoms with Gasteiger partial charge >= 0.3 is 0 Å². The number of hydrogen-bond donors (Lipinski definition) is 0. The summed E-state index contributed by atoms with van der Waals surface area (Å²) in [6.45, 7) is 3.83. The topological polar surface area (TPSA) is 74.3 Å². The Morgan fingerprint density at radius 3 is 1.89 bits per heavy atom. The van der Waals surface area contributed by atoms with E-state index in [1.165, 1.54) is 15.9 Å². The van der Waals surface area contributed by atoms with Crippen molar-refractivity contribution in [3.63, 3.8) is 0 Å². The second kappa shape index (κ2) is 9.88. The molecule has 0 heterocycles. The van der Waals surface area contributed by atoms with Crippen LogP contribution < -0.4 is 0 Å². The summed E-state index contributed by atoms with van der Waals surface area (Å²) in [5, 5.41) is 0. The summed E-state index contributed by atoms with van der Waals surface area (Å²) in [5.74, 6) is -0.468. The zero-order valence-corrected chi connectivity index (χ0v) is 21.4. The number of Topliss-reactive ketones (excluding diaryl/α,β-unsaturated/α-hetero) is 1. The molecule has 2 aliphatic carbocycles. The molecular formula is C28H29FO4S2. The zero-order chi connectivity index (χ0) is 25.3. The standard InChI is InChI=1S/C18H14FS.C10H16O4S/c19-15-8-7-13-18(14-15)20(16-9-3-1-4-10-16)17-11-5-2-6-12-17;1-9(2)7-3-4-10(9,8(11)5-7)6-15(12,13)14/h1-14H;7H,3-6H2,1-2H3,(H,12,13,14)/q+1;/p-1. The van der Waals surface area contributed by atoms with E-state index in [4.69, 9.17) is 0 Å². The summed E-state index contributed by atoms with van der Waals surface area (Å²) >= 11 is 0. The Kier molecular flexibility index (Phi) is 7.23. The van der Waals surface area contributed by atoms with E-state index < -0.39 is 21.3 Å². The van der Waals surface area contributed by atoms with Crippen molar-refractivity contribution in [1.82, 2.24) is 0 Å². The SMILES string of the molecule is CC1(C)C2CCC1(CS(=O)(=O)[O-])C(=O)C2.Fc1cccc([S+](c2ccccc2)c2ccccc2)c1. The summed E-state index contributed by atoms with van der Waals surface area (Å²) in [6, 6.07) is 27.4. The largest absolute Gasteiger partial charge is 0.748 e. The van der Waals surface area contributed by atoms with Gasteiger partial charge in [0.15, 0.2) is 14.7 Å². The minimum atomic E-state index is -4.33. The molecule has 2 saturated carbocycles. The molecule has 7 heteroatoms. The second-order valence-corrected chi connectivity index (χ2v) is 13.2. The third kappa shape index (κ3) is 5.22. The average molecular weight is 513 g/mol. The van der Waals surface area contributed by atoms with Gasteiger partial charge in [-0.25, -0.2) is 12.8 Å². The fourth-order valence-corrected chi connectivity index (χ4v) is 8.93. The van der Waals surface area contributed by atoms with Crippen LogP contribution in [0, 0.1) is 22.6 Å². The molecule has 2 atom stereocenters. The first kappa shape index (κ1) is 25.6. The van der Waals surface area contributed by atoms with Crippen LogP contribution in [0.15, 0.2) is 99.6 Å². The Morgan fingerprint density at radius 2 is 1.46 bits per heavy atom. The molecule has 5 rings (SSSR count). The fraction of sp³-hybridized carbons (Fsp3) is 0.321. The number of fused-ring (bicyclic) bond motifs is 2. The molecule has 2 aliphatic rings. The molecule has 0 radical (unpaired) electrons. The first-order valence-corrected chi connectivity index (χ1v) is 14.4. The van der Waals surface area contributed by atoms with E-state index in [2.05, 4.69) is 24.3 Å². The van der Waals surface area contributed by atoms with E-state index in [1.54, 1.807) is 12.1 Å². The molecule has 0 saturated heterocycles. The minimum absolute atomic E-state index is 0.0248. The van der Waals surface area contributed by atoms with Crippen molar-refractivity contribution in [2.45, 2.75) is 47.8 Å². The maximum absolute atomic E-state index is 13.6. The molecule has 0 N–H and O–H groups in total. The molecule has 0 aliphatic heterocycles. The lowest BCUT2D eigenvalue weighted by Gasteiger charge is -2.37. The number of halogens is 1.